The summed E-state index contributed by atoms with van der Waals surface area (Å²) in [5, 5.41) is 0.854. The second-order valence-corrected chi connectivity index (χ2v) is 5.04. The predicted octanol–water partition coefficient (Wildman–Crippen LogP) is 5.00. The molecule has 0 aliphatic rings. The summed E-state index contributed by atoms with van der Waals surface area (Å²) in [5.74, 6) is 2.31. The van der Waals surface area contributed by atoms with Crippen LogP contribution >= 0.6 is 15.9 Å². The number of ether oxygens (including phenoxy) is 2. The summed E-state index contributed by atoms with van der Waals surface area (Å²) < 4.78 is 11.2. The topological polar surface area (TPSA) is 18.5 Å². The number of alkyl halides is 1. The average Bonchev–Trinajstić information content (AvgIpc) is 2.41. The molecule has 2 nitrogen and oxygen atoms in total. The van der Waals surface area contributed by atoms with Crippen molar-refractivity contribution in [2.24, 2.45) is 0 Å². The Bertz CT molecular complexity index is 579. The monoisotopic (exact) mass is 320 g/mol. The molecule has 0 atom stereocenters. The van der Waals surface area contributed by atoms with Crippen molar-refractivity contribution in [3.63, 3.8) is 0 Å². The molecule has 0 saturated heterocycles. The van der Waals surface area contributed by atoms with Crippen molar-refractivity contribution < 1.29 is 9.47 Å². The molecule has 0 aromatic heterocycles. The number of methoxy groups -OCH3 is 1. The molecule has 0 bridgehead atoms. The van der Waals surface area contributed by atoms with Crippen LogP contribution in [0.3, 0.4) is 0 Å². The normalized spacial score (nSPS) is 10.3. The molecular formula is C16H17BrO2. The minimum atomic E-state index is 0.735. The molecule has 2 rings (SSSR count). The Morgan fingerprint density at radius 1 is 1.00 bits per heavy atom. The zero-order valence-electron chi connectivity index (χ0n) is 11.4. The van der Waals surface area contributed by atoms with Gasteiger partial charge in [0.2, 0.25) is 0 Å². The number of hydrogen-bond acceptors (Lipinski definition) is 2. The third-order valence-electron chi connectivity index (χ3n) is 3.00. The van der Waals surface area contributed by atoms with Gasteiger partial charge < -0.3 is 9.47 Å². The summed E-state index contributed by atoms with van der Waals surface area (Å²) in [7, 11) is 1.65. The van der Waals surface area contributed by atoms with E-state index in [9.17, 15) is 0 Å². The van der Waals surface area contributed by atoms with E-state index in [1.54, 1.807) is 7.11 Å². The van der Waals surface area contributed by atoms with Crippen LogP contribution < -0.4 is 9.47 Å². The van der Waals surface area contributed by atoms with Gasteiger partial charge in [0.25, 0.3) is 0 Å². The fourth-order valence-electron chi connectivity index (χ4n) is 1.87. The highest BCUT2D eigenvalue weighted by atomic mass is 79.9. The smallest absolute Gasteiger partial charge is 0.169 e. The SMILES string of the molecule is COc1cc(C)ccc1Oc1ccc(CBr)c(C)c1. The fourth-order valence-corrected chi connectivity index (χ4v) is 2.50. The van der Waals surface area contributed by atoms with Crippen LogP contribution in [0.2, 0.25) is 0 Å². The van der Waals surface area contributed by atoms with Crippen LogP contribution in [0.25, 0.3) is 0 Å². The zero-order chi connectivity index (χ0) is 13.8. The molecule has 0 aliphatic heterocycles. The Morgan fingerprint density at radius 3 is 2.42 bits per heavy atom. The molecule has 0 unspecified atom stereocenters. The standard InChI is InChI=1S/C16H17BrO2/c1-11-4-7-15(16(8-11)18-3)19-14-6-5-13(10-17)12(2)9-14/h4-9H,10H2,1-3H3. The lowest BCUT2D eigenvalue weighted by Gasteiger charge is -2.12. The van der Waals surface area contributed by atoms with Gasteiger partial charge in [0.15, 0.2) is 11.5 Å². The van der Waals surface area contributed by atoms with Gasteiger partial charge in [0.1, 0.15) is 5.75 Å². The molecule has 0 spiro atoms. The van der Waals surface area contributed by atoms with Gasteiger partial charge >= 0.3 is 0 Å². The van der Waals surface area contributed by atoms with Gasteiger partial charge in [-0.25, -0.2) is 0 Å². The summed E-state index contributed by atoms with van der Waals surface area (Å²) in [6, 6.07) is 12.0. The molecule has 0 aliphatic carbocycles. The van der Waals surface area contributed by atoms with Gasteiger partial charge in [-0.1, -0.05) is 28.1 Å². The summed E-state index contributed by atoms with van der Waals surface area (Å²) in [4.78, 5) is 0. The van der Waals surface area contributed by atoms with Crippen LogP contribution in [0, 0.1) is 13.8 Å². The molecule has 3 heteroatoms. The van der Waals surface area contributed by atoms with Gasteiger partial charge in [-0.3, -0.25) is 0 Å². The first-order chi connectivity index (χ1) is 9.13. The van der Waals surface area contributed by atoms with Crippen molar-refractivity contribution in [1.82, 2.24) is 0 Å². The lowest BCUT2D eigenvalue weighted by atomic mass is 10.1. The Morgan fingerprint density at radius 2 is 1.79 bits per heavy atom. The van der Waals surface area contributed by atoms with E-state index in [0.717, 1.165) is 28.1 Å². The third-order valence-corrected chi connectivity index (χ3v) is 3.61. The van der Waals surface area contributed by atoms with Gasteiger partial charge in [0.05, 0.1) is 7.11 Å². The van der Waals surface area contributed by atoms with E-state index < -0.39 is 0 Å². The molecule has 2 aromatic rings. The molecule has 0 N–H and O–H groups in total. The Labute approximate surface area is 122 Å². The second-order valence-electron chi connectivity index (χ2n) is 4.48. The first-order valence-electron chi connectivity index (χ1n) is 6.12. The van der Waals surface area contributed by atoms with Crippen LogP contribution in [0.15, 0.2) is 36.4 Å². The van der Waals surface area contributed by atoms with E-state index in [1.165, 1.54) is 11.1 Å². The van der Waals surface area contributed by atoms with Crippen molar-refractivity contribution in [3.05, 3.63) is 53.1 Å². The quantitative estimate of drug-likeness (QED) is 0.738. The van der Waals surface area contributed by atoms with E-state index in [-0.39, 0.29) is 0 Å². The number of rotatable bonds is 4. The van der Waals surface area contributed by atoms with Crippen LogP contribution in [0.5, 0.6) is 17.2 Å². The molecular weight excluding hydrogens is 304 g/mol. The molecule has 19 heavy (non-hydrogen) atoms. The van der Waals surface area contributed by atoms with Crippen LogP contribution in [-0.4, -0.2) is 7.11 Å². The number of halogens is 1. The van der Waals surface area contributed by atoms with E-state index >= 15 is 0 Å². The summed E-state index contributed by atoms with van der Waals surface area (Å²) >= 11 is 3.47. The number of hydrogen-bond donors (Lipinski definition) is 0. The lowest BCUT2D eigenvalue weighted by Crippen LogP contribution is -1.92. The van der Waals surface area contributed by atoms with Crippen molar-refractivity contribution in [3.8, 4) is 17.2 Å². The van der Waals surface area contributed by atoms with Crippen LogP contribution in [0.4, 0.5) is 0 Å². The van der Waals surface area contributed by atoms with Gasteiger partial charge in [-0.05, 0) is 54.8 Å². The molecule has 0 saturated carbocycles. The minimum Gasteiger partial charge on any atom is -0.493 e. The molecule has 0 amide bonds. The molecule has 0 fully saturated rings. The van der Waals surface area contributed by atoms with Gasteiger partial charge in [0, 0.05) is 5.33 Å². The van der Waals surface area contributed by atoms with E-state index in [0.29, 0.717) is 0 Å². The van der Waals surface area contributed by atoms with Crippen molar-refractivity contribution in [2.45, 2.75) is 19.2 Å². The summed E-state index contributed by atoms with van der Waals surface area (Å²) in [6.07, 6.45) is 0. The highest BCUT2D eigenvalue weighted by Crippen LogP contribution is 2.33. The zero-order valence-corrected chi connectivity index (χ0v) is 13.0. The first kappa shape index (κ1) is 13.9. The van der Waals surface area contributed by atoms with Crippen LogP contribution in [0.1, 0.15) is 16.7 Å². The highest BCUT2D eigenvalue weighted by Gasteiger charge is 2.07. The van der Waals surface area contributed by atoms with Crippen molar-refractivity contribution in [2.75, 3.05) is 7.11 Å². The first-order valence-corrected chi connectivity index (χ1v) is 7.24. The van der Waals surface area contributed by atoms with Crippen LogP contribution in [-0.2, 0) is 5.33 Å². The molecule has 0 heterocycles. The predicted molar refractivity (Wildman–Crippen MR) is 81.6 cm³/mol. The maximum Gasteiger partial charge on any atom is 0.169 e. The van der Waals surface area contributed by atoms with Gasteiger partial charge in [-0.2, -0.15) is 0 Å². The molecule has 100 valence electrons. The largest absolute Gasteiger partial charge is 0.493 e. The Kier molecular flexibility index (Phi) is 4.48. The lowest BCUT2D eigenvalue weighted by molar-refractivity contribution is 0.378. The third kappa shape index (κ3) is 3.29. The highest BCUT2D eigenvalue weighted by molar-refractivity contribution is 9.08. The summed E-state index contributed by atoms with van der Waals surface area (Å²) in [5.41, 5.74) is 3.62. The Hall–Kier alpha value is -1.48. The maximum atomic E-state index is 5.90. The van der Waals surface area contributed by atoms with E-state index in [4.69, 9.17) is 9.47 Å². The summed E-state index contributed by atoms with van der Waals surface area (Å²) in [6.45, 7) is 4.11. The number of aryl methyl sites for hydroxylation is 2. The second kappa shape index (κ2) is 6.11. The average molecular weight is 321 g/mol. The minimum absolute atomic E-state index is 0.735. The maximum absolute atomic E-state index is 5.90. The number of benzene rings is 2. The van der Waals surface area contributed by atoms with E-state index in [1.807, 2.05) is 37.3 Å². The molecule has 2 aromatic carbocycles. The van der Waals surface area contributed by atoms with Gasteiger partial charge in [-0.15, -0.1) is 0 Å². The fraction of sp³-hybridized carbons (Fsp3) is 0.250. The molecule has 0 radical (unpaired) electrons. The van der Waals surface area contributed by atoms with Crippen molar-refractivity contribution >= 4 is 15.9 Å². The van der Waals surface area contributed by atoms with Crippen molar-refractivity contribution in [1.29, 1.82) is 0 Å². The Balaban J connectivity index is 2.28. The van der Waals surface area contributed by atoms with E-state index in [2.05, 4.69) is 28.9 Å².